The Hall–Kier alpha value is -4.49. The van der Waals surface area contributed by atoms with Gasteiger partial charge in [-0.05, 0) is 47.9 Å². The molecule has 5 rings (SSSR count). The molecule has 41 heavy (non-hydrogen) atoms. The van der Waals surface area contributed by atoms with Crippen molar-refractivity contribution in [2.24, 2.45) is 7.05 Å². The lowest BCUT2D eigenvalue weighted by Crippen LogP contribution is -2.35. The average Bonchev–Trinajstić information content (AvgIpc) is 3.36. The maximum atomic E-state index is 15.1. The molecule has 3 atom stereocenters. The van der Waals surface area contributed by atoms with Gasteiger partial charge < -0.3 is 10.1 Å². The maximum Gasteiger partial charge on any atom is 0.338 e. The van der Waals surface area contributed by atoms with E-state index in [-0.39, 0.29) is 28.2 Å². The number of aryl methyl sites for hydroxylation is 1. The molecule has 0 radical (unpaired) electrons. The summed E-state index contributed by atoms with van der Waals surface area (Å²) >= 11 is 0. The minimum atomic E-state index is -4.32. The third kappa shape index (κ3) is 5.09. The molecule has 0 fully saturated rings. The predicted octanol–water partition coefficient (Wildman–Crippen LogP) is 4.63. The van der Waals surface area contributed by atoms with E-state index in [1.54, 1.807) is 7.05 Å². The molecule has 1 aliphatic heterocycles. The number of ketones is 1. The van der Waals surface area contributed by atoms with Crippen molar-refractivity contribution < 1.29 is 36.1 Å². The number of Topliss-reactive ketones (excluding diaryl/α,β-unsaturated/α-hetero) is 1. The molecule has 4 aromatic rings. The molecule has 212 valence electrons. The molecule has 0 amide bonds. The second-order valence-corrected chi connectivity index (χ2v) is 11.3. The van der Waals surface area contributed by atoms with Gasteiger partial charge in [0.2, 0.25) is 0 Å². The molecule has 13 heteroatoms. The topological polar surface area (TPSA) is 140 Å². The van der Waals surface area contributed by atoms with Crippen LogP contribution in [0.1, 0.15) is 61.8 Å². The number of esters is 1. The molecule has 0 bridgehead atoms. The fraction of sp³-hybridized carbons (Fsp3) is 0.214. The highest BCUT2D eigenvalue weighted by Crippen LogP contribution is 2.44. The van der Waals surface area contributed by atoms with Crippen LogP contribution < -0.4 is 5.32 Å². The Balaban J connectivity index is 1.63. The Morgan fingerprint density at radius 3 is 2.44 bits per heavy atom. The molecule has 2 N–H and O–H groups in total. The van der Waals surface area contributed by atoms with Crippen LogP contribution in [-0.4, -0.2) is 46.6 Å². The molecule has 1 aliphatic rings. The number of ether oxygens (including phenoxy) is 1. The number of rotatable bonds is 6. The molecular formula is C28H24F2N4O6S. The van der Waals surface area contributed by atoms with Crippen LogP contribution in [0.25, 0.3) is 11.1 Å². The molecule has 0 saturated heterocycles. The smallest absolute Gasteiger partial charge is 0.338 e. The van der Waals surface area contributed by atoms with Crippen LogP contribution in [0.5, 0.6) is 0 Å². The summed E-state index contributed by atoms with van der Waals surface area (Å²) in [6.45, 7) is 1.33. The Morgan fingerprint density at radius 1 is 1.12 bits per heavy atom. The maximum absolute atomic E-state index is 15.1. The number of carbonyl (C=O) groups excluding carboxylic acids is 2. The molecule has 10 nitrogen and oxygen atoms in total. The summed E-state index contributed by atoms with van der Waals surface area (Å²) in [6.07, 6.45) is 1.27. The fourth-order valence-electron chi connectivity index (χ4n) is 5.01. The van der Waals surface area contributed by atoms with Gasteiger partial charge in [0.05, 0.1) is 24.3 Å². The van der Waals surface area contributed by atoms with E-state index < -0.39 is 50.7 Å². The molecule has 1 aromatic heterocycles. The highest BCUT2D eigenvalue weighted by atomic mass is 32.2. The van der Waals surface area contributed by atoms with Crippen LogP contribution in [-0.2, 0) is 21.9 Å². The number of anilines is 1. The number of halogens is 2. The first-order valence-corrected chi connectivity index (χ1v) is 13.8. The van der Waals surface area contributed by atoms with Gasteiger partial charge in [-0.25, -0.2) is 18.6 Å². The van der Waals surface area contributed by atoms with E-state index in [0.717, 1.165) is 19.2 Å². The average molecular weight is 583 g/mol. The molecule has 3 aromatic carbocycles. The van der Waals surface area contributed by atoms with E-state index in [4.69, 9.17) is 4.74 Å². The summed E-state index contributed by atoms with van der Waals surface area (Å²) in [5.41, 5.74) is 1.08. The molecule has 2 heterocycles. The lowest BCUT2D eigenvalue weighted by atomic mass is 9.79. The van der Waals surface area contributed by atoms with Crippen LogP contribution in [0.4, 0.5) is 14.5 Å². The fourth-order valence-corrected chi connectivity index (χ4v) is 5.51. The van der Waals surface area contributed by atoms with E-state index in [0.29, 0.717) is 16.7 Å². The Labute approximate surface area is 233 Å². The van der Waals surface area contributed by atoms with Gasteiger partial charge in [-0.3, -0.25) is 14.0 Å². The summed E-state index contributed by atoms with van der Waals surface area (Å²) < 4.78 is 68.3. The second kappa shape index (κ2) is 10.5. The largest absolute Gasteiger partial charge is 0.465 e. The number of methoxy groups -OCH3 is 1. The Morgan fingerprint density at radius 2 is 1.83 bits per heavy atom. The van der Waals surface area contributed by atoms with E-state index in [1.165, 1.54) is 60.4 Å². The van der Waals surface area contributed by atoms with Gasteiger partial charge in [0.15, 0.2) is 5.78 Å². The molecule has 0 spiro atoms. The van der Waals surface area contributed by atoms with E-state index >= 15 is 4.39 Å². The van der Waals surface area contributed by atoms with Crippen molar-refractivity contribution in [3.8, 4) is 11.1 Å². The van der Waals surface area contributed by atoms with Crippen LogP contribution in [0.2, 0.25) is 0 Å². The van der Waals surface area contributed by atoms with E-state index in [1.807, 2.05) is 0 Å². The lowest BCUT2D eigenvalue weighted by Gasteiger charge is -2.34. The minimum absolute atomic E-state index is 0.0617. The van der Waals surface area contributed by atoms with Crippen LogP contribution >= 0.6 is 0 Å². The van der Waals surface area contributed by atoms with Crippen molar-refractivity contribution in [1.82, 2.24) is 14.8 Å². The molecular weight excluding hydrogens is 558 g/mol. The highest BCUT2D eigenvalue weighted by molar-refractivity contribution is 7.86. The van der Waals surface area contributed by atoms with Crippen molar-refractivity contribution in [2.45, 2.75) is 24.1 Å². The van der Waals surface area contributed by atoms with Gasteiger partial charge in [-0.2, -0.15) is 13.5 Å². The van der Waals surface area contributed by atoms with Crippen LogP contribution in [0.15, 0.2) is 60.9 Å². The number of aromatic nitrogens is 3. The van der Waals surface area contributed by atoms with Gasteiger partial charge in [0.25, 0.3) is 10.1 Å². The van der Waals surface area contributed by atoms with Crippen molar-refractivity contribution in [3.05, 3.63) is 101 Å². The summed E-state index contributed by atoms with van der Waals surface area (Å²) in [7, 11) is -1.60. The standard InChI is InChI=1S/C28H24F2N4O6S/c1-14(41(37,38)39)15-4-6-16(7-5-15)19-10-17(8-9-21(19)30)25-24(27-31-13-32-34(27)2)26(35)23-20(28(36)40-3)11-18(29)12-22(23)33-25/h4-14,24-25,33H,1-3H3,(H,37,38,39)/t14-,24+,25+/m0/s1. The number of nitrogens with one attached hydrogen (secondary N) is 1. The minimum Gasteiger partial charge on any atom is -0.465 e. The SMILES string of the molecule is COC(=O)c1cc(F)cc2c1C(=O)[C@H](c1ncnn1C)[C@@H](c1ccc(F)c(-c3ccc([C@H](C)S(=O)(=O)O)cc3)c1)N2. The second-order valence-electron chi connectivity index (χ2n) is 9.59. The zero-order valence-electron chi connectivity index (χ0n) is 22.0. The van der Waals surface area contributed by atoms with Gasteiger partial charge in [0, 0.05) is 18.3 Å². The van der Waals surface area contributed by atoms with E-state index in [2.05, 4.69) is 15.4 Å². The molecule has 0 aliphatic carbocycles. The monoisotopic (exact) mass is 582 g/mol. The van der Waals surface area contributed by atoms with Crippen LogP contribution in [0, 0.1) is 11.6 Å². The zero-order valence-corrected chi connectivity index (χ0v) is 22.8. The van der Waals surface area contributed by atoms with Gasteiger partial charge in [-0.15, -0.1) is 0 Å². The number of benzene rings is 3. The third-order valence-electron chi connectivity index (χ3n) is 7.19. The summed E-state index contributed by atoms with van der Waals surface area (Å²) in [4.78, 5) is 30.7. The van der Waals surface area contributed by atoms with Crippen molar-refractivity contribution >= 4 is 27.6 Å². The highest BCUT2D eigenvalue weighted by Gasteiger charge is 2.42. The van der Waals surface area contributed by atoms with E-state index in [9.17, 15) is 27.0 Å². The van der Waals surface area contributed by atoms with Gasteiger partial charge in [-0.1, -0.05) is 30.3 Å². The summed E-state index contributed by atoms with van der Waals surface area (Å²) in [5, 5.41) is 6.04. The number of carbonyl (C=O) groups is 2. The van der Waals surface area contributed by atoms with Crippen LogP contribution in [0.3, 0.4) is 0 Å². The normalized spacial score (nSPS) is 17.5. The molecule has 0 unspecified atom stereocenters. The Bertz CT molecular complexity index is 1790. The first-order chi connectivity index (χ1) is 19.4. The quantitative estimate of drug-likeness (QED) is 0.246. The predicted molar refractivity (Wildman–Crippen MR) is 144 cm³/mol. The number of hydrogen-bond acceptors (Lipinski definition) is 8. The third-order valence-corrected chi connectivity index (χ3v) is 8.36. The number of nitrogens with zero attached hydrogens (tertiary/aromatic N) is 3. The molecule has 0 saturated carbocycles. The van der Waals surface area contributed by atoms with Gasteiger partial charge in [0.1, 0.15) is 35.0 Å². The number of hydrogen-bond donors (Lipinski definition) is 2. The van der Waals surface area contributed by atoms with Crippen molar-refractivity contribution in [2.75, 3.05) is 12.4 Å². The van der Waals surface area contributed by atoms with Gasteiger partial charge >= 0.3 is 5.97 Å². The summed E-state index contributed by atoms with van der Waals surface area (Å²) in [6, 6.07) is 11.4. The zero-order chi connectivity index (χ0) is 29.6. The first kappa shape index (κ1) is 28.1. The first-order valence-electron chi connectivity index (χ1n) is 12.3. The van der Waals surface area contributed by atoms with Crippen molar-refractivity contribution in [1.29, 1.82) is 0 Å². The number of fused-ring (bicyclic) bond motifs is 1. The van der Waals surface area contributed by atoms with Crippen molar-refractivity contribution in [3.63, 3.8) is 0 Å². The Kier molecular flexibility index (Phi) is 7.17. The summed E-state index contributed by atoms with van der Waals surface area (Å²) in [5.74, 6) is -3.55. The lowest BCUT2D eigenvalue weighted by molar-refractivity contribution is 0.0595.